The van der Waals surface area contributed by atoms with Crippen molar-refractivity contribution >= 4 is 15.9 Å². The zero-order valence-corrected chi connectivity index (χ0v) is 16.2. The first-order chi connectivity index (χ1) is 11.9. The number of hydrogen-bond acceptors (Lipinski definition) is 5. The van der Waals surface area contributed by atoms with E-state index in [2.05, 4.69) is 10.2 Å². The van der Waals surface area contributed by atoms with E-state index in [-0.39, 0.29) is 24.9 Å². The molecule has 1 heterocycles. The Balaban J connectivity index is 1.75. The van der Waals surface area contributed by atoms with Crippen LogP contribution in [-0.2, 0) is 19.6 Å². The zero-order chi connectivity index (χ0) is 18.1. The minimum atomic E-state index is -3.30. The van der Waals surface area contributed by atoms with Crippen LogP contribution in [0.25, 0.3) is 0 Å². The number of sulfonamides is 1. The van der Waals surface area contributed by atoms with Crippen molar-refractivity contribution in [1.29, 1.82) is 0 Å². The van der Waals surface area contributed by atoms with Gasteiger partial charge < -0.3 is 10.1 Å². The number of amides is 1. The summed E-state index contributed by atoms with van der Waals surface area (Å²) in [5, 5.41) is 3.08. The van der Waals surface area contributed by atoms with Gasteiger partial charge in [0, 0.05) is 45.2 Å². The first-order valence-electron chi connectivity index (χ1n) is 9.50. The maximum absolute atomic E-state index is 12.2. The number of carbonyl (C=O) groups is 1. The Morgan fingerprint density at radius 3 is 2.36 bits per heavy atom. The van der Waals surface area contributed by atoms with Crippen LogP contribution in [0.1, 0.15) is 44.9 Å². The van der Waals surface area contributed by atoms with E-state index in [1.165, 1.54) is 36.2 Å². The smallest absolute Gasteiger partial charge is 0.221 e. The van der Waals surface area contributed by atoms with E-state index in [0.29, 0.717) is 26.3 Å². The van der Waals surface area contributed by atoms with Gasteiger partial charge >= 0.3 is 0 Å². The summed E-state index contributed by atoms with van der Waals surface area (Å²) in [6, 6.07) is 0.259. The van der Waals surface area contributed by atoms with Crippen LogP contribution in [0, 0.1) is 0 Å². The largest absolute Gasteiger partial charge is 0.379 e. The van der Waals surface area contributed by atoms with E-state index in [1.807, 2.05) is 0 Å². The van der Waals surface area contributed by atoms with Crippen LogP contribution in [0.15, 0.2) is 0 Å². The van der Waals surface area contributed by atoms with Crippen LogP contribution in [0.5, 0.6) is 0 Å². The van der Waals surface area contributed by atoms with Crippen molar-refractivity contribution in [2.24, 2.45) is 0 Å². The molecule has 0 radical (unpaired) electrons. The third-order valence-corrected chi connectivity index (χ3v) is 6.35. The molecule has 1 N–H and O–H groups in total. The summed E-state index contributed by atoms with van der Waals surface area (Å²) in [6.45, 7) is 4.42. The second kappa shape index (κ2) is 10.4. The number of hydrogen-bond donors (Lipinski definition) is 1. The Bertz CT molecular complexity index is 498. The average molecular weight is 376 g/mol. The summed E-state index contributed by atoms with van der Waals surface area (Å²) >= 11 is 0. The van der Waals surface area contributed by atoms with Gasteiger partial charge in [-0.25, -0.2) is 12.7 Å². The molecule has 0 aromatic carbocycles. The molecule has 1 aliphatic carbocycles. The fourth-order valence-corrected chi connectivity index (χ4v) is 4.31. The number of nitrogens with one attached hydrogen (secondary N) is 1. The van der Waals surface area contributed by atoms with Crippen molar-refractivity contribution in [2.75, 3.05) is 52.2 Å². The highest BCUT2D eigenvalue weighted by Crippen LogP contribution is 2.17. The van der Waals surface area contributed by atoms with Crippen LogP contribution in [0.4, 0.5) is 0 Å². The fourth-order valence-electron chi connectivity index (χ4n) is 3.47. The molecule has 146 valence electrons. The minimum absolute atomic E-state index is 0.0353. The standard InChI is InChI=1S/C17H33N3O4S/c1-25(22,23)20(11-10-19-12-14-24-15-13-19)9-8-17(21)18-16-6-4-2-3-5-7-16/h16H,2-15H2,1H3,(H,18,21). The predicted octanol–water partition coefficient (Wildman–Crippen LogP) is 0.809. The Morgan fingerprint density at radius 1 is 1.12 bits per heavy atom. The summed E-state index contributed by atoms with van der Waals surface area (Å²) < 4.78 is 30.7. The minimum Gasteiger partial charge on any atom is -0.379 e. The van der Waals surface area contributed by atoms with Crippen molar-refractivity contribution in [1.82, 2.24) is 14.5 Å². The van der Waals surface area contributed by atoms with E-state index in [1.54, 1.807) is 0 Å². The van der Waals surface area contributed by atoms with Crippen molar-refractivity contribution < 1.29 is 17.9 Å². The van der Waals surface area contributed by atoms with Crippen molar-refractivity contribution in [3.8, 4) is 0 Å². The highest BCUT2D eigenvalue weighted by molar-refractivity contribution is 7.88. The van der Waals surface area contributed by atoms with Crippen LogP contribution in [0.3, 0.4) is 0 Å². The summed E-state index contributed by atoms with van der Waals surface area (Å²) in [5.74, 6) is -0.0353. The van der Waals surface area contributed by atoms with Crippen LogP contribution >= 0.6 is 0 Å². The number of carbonyl (C=O) groups excluding carboxylic acids is 1. The van der Waals surface area contributed by atoms with Crippen molar-refractivity contribution in [2.45, 2.75) is 51.0 Å². The molecule has 0 aromatic heterocycles. The molecule has 1 aliphatic heterocycles. The molecular formula is C17H33N3O4S. The van der Waals surface area contributed by atoms with Gasteiger partial charge in [0.05, 0.1) is 19.5 Å². The van der Waals surface area contributed by atoms with Crippen molar-refractivity contribution in [3.05, 3.63) is 0 Å². The molecule has 1 saturated carbocycles. The Morgan fingerprint density at radius 2 is 1.76 bits per heavy atom. The third-order valence-electron chi connectivity index (χ3n) is 5.05. The number of ether oxygens (including phenoxy) is 1. The summed E-state index contributed by atoms with van der Waals surface area (Å²) in [4.78, 5) is 14.4. The molecule has 8 heteroatoms. The van der Waals surface area contributed by atoms with Crippen LogP contribution in [0.2, 0.25) is 0 Å². The number of morpholine rings is 1. The summed E-state index contributed by atoms with van der Waals surface area (Å²) in [6.07, 6.45) is 8.35. The monoisotopic (exact) mass is 375 g/mol. The Hall–Kier alpha value is -0.700. The molecule has 0 spiro atoms. The number of nitrogens with zero attached hydrogens (tertiary/aromatic N) is 2. The first kappa shape index (κ1) is 20.6. The molecule has 2 aliphatic rings. The number of rotatable bonds is 8. The van der Waals surface area contributed by atoms with Crippen LogP contribution in [-0.4, -0.2) is 81.8 Å². The van der Waals surface area contributed by atoms with Gasteiger partial charge in [0.15, 0.2) is 0 Å². The zero-order valence-electron chi connectivity index (χ0n) is 15.4. The van der Waals surface area contributed by atoms with E-state index in [4.69, 9.17) is 4.74 Å². The molecule has 25 heavy (non-hydrogen) atoms. The lowest BCUT2D eigenvalue weighted by Gasteiger charge is -2.29. The van der Waals surface area contributed by atoms with Crippen LogP contribution < -0.4 is 5.32 Å². The quantitative estimate of drug-likeness (QED) is 0.635. The van der Waals surface area contributed by atoms with E-state index in [0.717, 1.165) is 25.9 Å². The highest BCUT2D eigenvalue weighted by atomic mass is 32.2. The maximum Gasteiger partial charge on any atom is 0.221 e. The van der Waals surface area contributed by atoms with Gasteiger partial charge in [0.25, 0.3) is 0 Å². The maximum atomic E-state index is 12.2. The average Bonchev–Trinajstić information content (AvgIpc) is 2.83. The molecule has 1 saturated heterocycles. The second-order valence-electron chi connectivity index (χ2n) is 7.12. The third kappa shape index (κ3) is 8.02. The van der Waals surface area contributed by atoms with Crippen molar-refractivity contribution in [3.63, 3.8) is 0 Å². The molecule has 2 rings (SSSR count). The molecule has 0 atom stereocenters. The normalized spacial score (nSPS) is 21.2. The molecule has 2 fully saturated rings. The van der Waals surface area contributed by atoms with Gasteiger partial charge in [-0.15, -0.1) is 0 Å². The van der Waals surface area contributed by atoms with E-state index < -0.39 is 10.0 Å². The summed E-state index contributed by atoms with van der Waals surface area (Å²) in [5.41, 5.74) is 0. The van der Waals surface area contributed by atoms with Gasteiger partial charge in [0.2, 0.25) is 15.9 Å². The molecular weight excluding hydrogens is 342 g/mol. The van der Waals surface area contributed by atoms with Gasteiger partial charge in [-0.3, -0.25) is 9.69 Å². The Labute approximate surface area is 152 Å². The lowest BCUT2D eigenvalue weighted by molar-refractivity contribution is -0.122. The lowest BCUT2D eigenvalue weighted by Crippen LogP contribution is -2.44. The topological polar surface area (TPSA) is 79.0 Å². The van der Waals surface area contributed by atoms with E-state index in [9.17, 15) is 13.2 Å². The molecule has 7 nitrogen and oxygen atoms in total. The molecule has 0 aromatic rings. The highest BCUT2D eigenvalue weighted by Gasteiger charge is 2.21. The van der Waals surface area contributed by atoms with Gasteiger partial charge in [-0.1, -0.05) is 25.7 Å². The molecule has 0 unspecified atom stereocenters. The fraction of sp³-hybridized carbons (Fsp3) is 0.941. The lowest BCUT2D eigenvalue weighted by atomic mass is 10.1. The summed E-state index contributed by atoms with van der Waals surface area (Å²) in [7, 11) is -3.30. The first-order valence-corrected chi connectivity index (χ1v) is 11.3. The SMILES string of the molecule is CS(=O)(=O)N(CCC(=O)NC1CCCCCC1)CCN1CCOCC1. The van der Waals surface area contributed by atoms with Gasteiger partial charge in [0.1, 0.15) is 0 Å². The second-order valence-corrected chi connectivity index (χ2v) is 9.10. The predicted molar refractivity (Wildman–Crippen MR) is 97.9 cm³/mol. The Kier molecular flexibility index (Phi) is 8.61. The van der Waals surface area contributed by atoms with Gasteiger partial charge in [-0.05, 0) is 12.8 Å². The van der Waals surface area contributed by atoms with E-state index >= 15 is 0 Å². The molecule has 0 bridgehead atoms. The van der Waals surface area contributed by atoms with Gasteiger partial charge in [-0.2, -0.15) is 0 Å². The molecule has 1 amide bonds.